The SMILES string of the molecule is COCCCNC(C(=O)O)c1c[nH]c2ccc(NC(=O)C(C)C)cc12. The molecule has 2 rings (SSSR count). The molecule has 2 aromatic rings. The van der Waals surface area contributed by atoms with Crippen LogP contribution in [0.2, 0.25) is 0 Å². The van der Waals surface area contributed by atoms with Gasteiger partial charge in [0.1, 0.15) is 6.04 Å². The zero-order valence-electron chi connectivity index (χ0n) is 14.8. The molecule has 7 heteroatoms. The highest BCUT2D eigenvalue weighted by Crippen LogP contribution is 2.27. The lowest BCUT2D eigenvalue weighted by atomic mass is 10.0. The van der Waals surface area contributed by atoms with Crippen LogP contribution < -0.4 is 10.6 Å². The first-order valence-electron chi connectivity index (χ1n) is 8.31. The number of carbonyl (C=O) groups is 2. The fourth-order valence-corrected chi connectivity index (χ4v) is 2.54. The minimum absolute atomic E-state index is 0.0797. The summed E-state index contributed by atoms with van der Waals surface area (Å²) in [6, 6.07) is 4.60. The molecule has 0 spiro atoms. The van der Waals surface area contributed by atoms with E-state index in [1.807, 2.05) is 19.9 Å². The number of fused-ring (bicyclic) bond motifs is 1. The topological polar surface area (TPSA) is 103 Å². The van der Waals surface area contributed by atoms with Crippen LogP contribution in [0.4, 0.5) is 5.69 Å². The molecule has 136 valence electrons. The molecule has 1 heterocycles. The van der Waals surface area contributed by atoms with Crippen LogP contribution in [-0.2, 0) is 14.3 Å². The van der Waals surface area contributed by atoms with Crippen molar-refractivity contribution in [1.82, 2.24) is 10.3 Å². The number of aliphatic carboxylic acids is 1. The van der Waals surface area contributed by atoms with E-state index in [0.717, 1.165) is 17.3 Å². The Labute approximate surface area is 146 Å². The summed E-state index contributed by atoms with van der Waals surface area (Å²) in [6.45, 7) is 4.74. The Balaban J connectivity index is 2.26. The zero-order chi connectivity index (χ0) is 18.4. The third-order valence-corrected chi connectivity index (χ3v) is 3.94. The molecule has 0 radical (unpaired) electrons. The van der Waals surface area contributed by atoms with Gasteiger partial charge in [0.15, 0.2) is 0 Å². The van der Waals surface area contributed by atoms with Crippen LogP contribution in [-0.4, -0.2) is 42.2 Å². The number of aromatic amines is 1. The molecule has 1 atom stereocenters. The monoisotopic (exact) mass is 347 g/mol. The average molecular weight is 347 g/mol. The van der Waals surface area contributed by atoms with E-state index in [2.05, 4.69) is 15.6 Å². The van der Waals surface area contributed by atoms with Crippen LogP contribution in [0.5, 0.6) is 0 Å². The molecule has 0 aliphatic carbocycles. The average Bonchev–Trinajstić information content (AvgIpc) is 2.97. The number of carboxylic acids is 1. The number of anilines is 1. The summed E-state index contributed by atoms with van der Waals surface area (Å²) in [5.74, 6) is -1.16. The van der Waals surface area contributed by atoms with Crippen LogP contribution in [0.1, 0.15) is 31.9 Å². The van der Waals surface area contributed by atoms with Gasteiger partial charge < -0.3 is 25.5 Å². The van der Waals surface area contributed by atoms with Crippen LogP contribution in [0.15, 0.2) is 24.4 Å². The summed E-state index contributed by atoms with van der Waals surface area (Å²) in [5, 5.41) is 16.2. The number of aromatic nitrogens is 1. The van der Waals surface area contributed by atoms with Crippen molar-refractivity contribution in [2.45, 2.75) is 26.3 Å². The first kappa shape index (κ1) is 19.0. The van der Waals surface area contributed by atoms with Gasteiger partial charge >= 0.3 is 5.97 Å². The molecule has 0 fully saturated rings. The van der Waals surface area contributed by atoms with Crippen LogP contribution in [0, 0.1) is 5.92 Å². The number of methoxy groups -OCH3 is 1. The third-order valence-electron chi connectivity index (χ3n) is 3.94. The van der Waals surface area contributed by atoms with E-state index in [0.29, 0.717) is 24.4 Å². The Kier molecular flexibility index (Phi) is 6.55. The van der Waals surface area contributed by atoms with Crippen molar-refractivity contribution in [3.8, 4) is 0 Å². The predicted molar refractivity (Wildman–Crippen MR) is 96.6 cm³/mol. The van der Waals surface area contributed by atoms with Gasteiger partial charge in [0, 0.05) is 48.0 Å². The molecule has 4 N–H and O–H groups in total. The number of hydrogen-bond donors (Lipinski definition) is 4. The van der Waals surface area contributed by atoms with Crippen molar-refractivity contribution in [3.05, 3.63) is 30.0 Å². The molecule has 25 heavy (non-hydrogen) atoms. The van der Waals surface area contributed by atoms with Gasteiger partial charge in [-0.2, -0.15) is 0 Å². The highest BCUT2D eigenvalue weighted by Gasteiger charge is 2.22. The van der Waals surface area contributed by atoms with Crippen LogP contribution >= 0.6 is 0 Å². The van der Waals surface area contributed by atoms with E-state index >= 15 is 0 Å². The van der Waals surface area contributed by atoms with Crippen molar-refractivity contribution in [1.29, 1.82) is 0 Å². The lowest BCUT2D eigenvalue weighted by Gasteiger charge is -2.14. The summed E-state index contributed by atoms with van der Waals surface area (Å²) in [7, 11) is 1.61. The Morgan fingerprint density at radius 3 is 2.72 bits per heavy atom. The molecular weight excluding hydrogens is 322 g/mol. The largest absolute Gasteiger partial charge is 0.480 e. The molecule has 0 aliphatic heterocycles. The van der Waals surface area contributed by atoms with E-state index in [-0.39, 0.29) is 11.8 Å². The predicted octanol–water partition coefficient (Wildman–Crippen LogP) is 2.51. The number of H-pyrrole nitrogens is 1. The molecule has 0 saturated carbocycles. The van der Waals surface area contributed by atoms with Gasteiger partial charge in [0.2, 0.25) is 5.91 Å². The molecule has 0 saturated heterocycles. The Bertz CT molecular complexity index is 739. The maximum Gasteiger partial charge on any atom is 0.325 e. The van der Waals surface area contributed by atoms with Gasteiger partial charge in [-0.25, -0.2) is 0 Å². The highest BCUT2D eigenvalue weighted by atomic mass is 16.5. The Hall–Kier alpha value is -2.38. The first-order valence-corrected chi connectivity index (χ1v) is 8.31. The molecule has 1 aromatic carbocycles. The lowest BCUT2D eigenvalue weighted by molar-refractivity contribution is -0.139. The third kappa shape index (κ3) is 4.80. The van der Waals surface area contributed by atoms with Gasteiger partial charge in [-0.1, -0.05) is 13.8 Å². The molecule has 7 nitrogen and oxygen atoms in total. The van der Waals surface area contributed by atoms with E-state index < -0.39 is 12.0 Å². The highest BCUT2D eigenvalue weighted by molar-refractivity contribution is 5.96. The summed E-state index contributed by atoms with van der Waals surface area (Å²) < 4.78 is 4.98. The fourth-order valence-electron chi connectivity index (χ4n) is 2.54. The van der Waals surface area contributed by atoms with Gasteiger partial charge in [0.05, 0.1) is 0 Å². The number of nitrogens with one attached hydrogen (secondary N) is 3. The summed E-state index contributed by atoms with van der Waals surface area (Å²) >= 11 is 0. The van der Waals surface area contributed by atoms with Gasteiger partial charge in [0.25, 0.3) is 0 Å². The second kappa shape index (κ2) is 8.64. The minimum Gasteiger partial charge on any atom is -0.480 e. The number of hydrogen-bond acceptors (Lipinski definition) is 4. The normalized spacial score (nSPS) is 12.5. The molecule has 0 aliphatic rings. The number of ether oxygens (including phenoxy) is 1. The molecule has 1 aromatic heterocycles. The van der Waals surface area contributed by atoms with Gasteiger partial charge in [-0.05, 0) is 31.2 Å². The van der Waals surface area contributed by atoms with Crippen molar-refractivity contribution in [2.75, 3.05) is 25.6 Å². The number of benzene rings is 1. The minimum atomic E-state index is -0.949. The quantitative estimate of drug-likeness (QED) is 0.522. The summed E-state index contributed by atoms with van der Waals surface area (Å²) in [5.41, 5.74) is 2.11. The molecule has 1 amide bonds. The van der Waals surface area contributed by atoms with Crippen molar-refractivity contribution in [2.24, 2.45) is 5.92 Å². The Morgan fingerprint density at radius 2 is 2.08 bits per heavy atom. The number of carbonyl (C=O) groups excluding carboxylic acids is 1. The maximum absolute atomic E-state index is 11.9. The second-order valence-electron chi connectivity index (χ2n) is 6.22. The maximum atomic E-state index is 11.9. The smallest absolute Gasteiger partial charge is 0.325 e. The number of carboxylic acid groups (broad SMARTS) is 1. The Morgan fingerprint density at radius 1 is 1.32 bits per heavy atom. The molecular formula is C18H25N3O4. The number of amides is 1. The van der Waals surface area contributed by atoms with Crippen molar-refractivity contribution in [3.63, 3.8) is 0 Å². The van der Waals surface area contributed by atoms with Crippen LogP contribution in [0.25, 0.3) is 10.9 Å². The van der Waals surface area contributed by atoms with E-state index in [1.165, 1.54) is 0 Å². The standard InChI is InChI=1S/C18H25N3O4/c1-11(2)17(22)21-12-5-6-15-13(9-12)14(10-20-15)16(18(23)24)19-7-4-8-25-3/h5-6,9-11,16,19-20H,4,7-8H2,1-3H3,(H,21,22)(H,23,24). The van der Waals surface area contributed by atoms with E-state index in [9.17, 15) is 14.7 Å². The summed E-state index contributed by atoms with van der Waals surface area (Å²) in [6.07, 6.45) is 2.42. The van der Waals surface area contributed by atoms with Gasteiger partial charge in [-0.3, -0.25) is 9.59 Å². The first-order chi connectivity index (χ1) is 11.9. The number of rotatable bonds is 9. The fraction of sp³-hybridized carbons (Fsp3) is 0.444. The van der Waals surface area contributed by atoms with Gasteiger partial charge in [-0.15, -0.1) is 0 Å². The van der Waals surface area contributed by atoms with Crippen molar-refractivity contribution < 1.29 is 19.4 Å². The van der Waals surface area contributed by atoms with E-state index in [1.54, 1.807) is 25.4 Å². The zero-order valence-corrected chi connectivity index (χ0v) is 14.8. The summed E-state index contributed by atoms with van der Waals surface area (Å²) in [4.78, 5) is 26.6. The van der Waals surface area contributed by atoms with E-state index in [4.69, 9.17) is 4.74 Å². The van der Waals surface area contributed by atoms with Crippen molar-refractivity contribution >= 4 is 28.5 Å². The molecule has 0 bridgehead atoms. The lowest BCUT2D eigenvalue weighted by Crippen LogP contribution is -2.29. The second-order valence-corrected chi connectivity index (χ2v) is 6.22. The van der Waals surface area contributed by atoms with Crippen LogP contribution in [0.3, 0.4) is 0 Å². The molecule has 1 unspecified atom stereocenters.